The fourth-order valence-electron chi connectivity index (χ4n) is 2.99. The van der Waals surface area contributed by atoms with Crippen LogP contribution in [0.1, 0.15) is 17.0 Å². The van der Waals surface area contributed by atoms with E-state index < -0.39 is 16.2 Å². The molecule has 1 aliphatic heterocycles. The predicted octanol–water partition coefficient (Wildman–Crippen LogP) is 1.60. The van der Waals surface area contributed by atoms with Crippen molar-refractivity contribution in [2.75, 3.05) is 25.1 Å². The molecule has 3 rings (SSSR count). The van der Waals surface area contributed by atoms with Gasteiger partial charge in [-0.3, -0.25) is 14.9 Å². The van der Waals surface area contributed by atoms with E-state index in [1.54, 1.807) is 14.0 Å². The van der Waals surface area contributed by atoms with Crippen molar-refractivity contribution in [3.8, 4) is 5.75 Å². The quantitative estimate of drug-likeness (QED) is 0.677. The van der Waals surface area contributed by atoms with Gasteiger partial charge in [-0.2, -0.15) is 0 Å². The van der Waals surface area contributed by atoms with Gasteiger partial charge in [0.1, 0.15) is 11.6 Å². The van der Waals surface area contributed by atoms with E-state index in [2.05, 4.69) is 9.97 Å². The van der Waals surface area contributed by atoms with Crippen molar-refractivity contribution < 1.29 is 9.66 Å². The molecule has 2 heterocycles. The standard InChI is InChI=1S/C16H18N4O4/c1-10-17-15(14(20(22)23)16(21)18-10)19-7-5-11-3-4-13(24-2)9-12(11)6-8-19/h3-4,9H,5-8H2,1-2H3,(H,17,18,21). The molecule has 1 aromatic carbocycles. The molecule has 0 fully saturated rings. The number of aromatic amines is 1. The zero-order valence-electron chi connectivity index (χ0n) is 13.5. The number of H-pyrrole nitrogens is 1. The number of nitrogens with zero attached hydrogens (tertiary/aromatic N) is 3. The largest absolute Gasteiger partial charge is 0.497 e. The van der Waals surface area contributed by atoms with Crippen LogP contribution in [0.2, 0.25) is 0 Å². The summed E-state index contributed by atoms with van der Waals surface area (Å²) in [6.45, 7) is 2.74. The minimum Gasteiger partial charge on any atom is -0.497 e. The van der Waals surface area contributed by atoms with Crippen molar-refractivity contribution in [1.82, 2.24) is 9.97 Å². The molecular weight excluding hydrogens is 312 g/mol. The van der Waals surface area contributed by atoms with Crippen LogP contribution in [0.5, 0.6) is 5.75 Å². The number of benzene rings is 1. The van der Waals surface area contributed by atoms with Crippen LogP contribution in [0.4, 0.5) is 11.5 Å². The molecule has 0 unspecified atom stereocenters. The number of methoxy groups -OCH3 is 1. The molecule has 2 aromatic rings. The molecule has 8 nitrogen and oxygen atoms in total. The van der Waals surface area contributed by atoms with Crippen LogP contribution in [-0.4, -0.2) is 35.1 Å². The van der Waals surface area contributed by atoms with Gasteiger partial charge in [-0.25, -0.2) is 4.98 Å². The Morgan fingerprint density at radius 1 is 1.29 bits per heavy atom. The van der Waals surface area contributed by atoms with Gasteiger partial charge in [-0.05, 0) is 43.0 Å². The Bertz CT molecular complexity index is 846. The number of fused-ring (bicyclic) bond motifs is 1. The number of hydrogen-bond acceptors (Lipinski definition) is 6. The number of nitro groups is 1. The summed E-state index contributed by atoms with van der Waals surface area (Å²) in [6, 6.07) is 5.92. The lowest BCUT2D eigenvalue weighted by atomic mass is 10.0. The smallest absolute Gasteiger partial charge is 0.375 e. The summed E-state index contributed by atoms with van der Waals surface area (Å²) in [6.07, 6.45) is 1.43. The van der Waals surface area contributed by atoms with Crippen LogP contribution >= 0.6 is 0 Å². The third-order valence-corrected chi connectivity index (χ3v) is 4.19. The number of ether oxygens (including phenoxy) is 1. The summed E-state index contributed by atoms with van der Waals surface area (Å²) in [4.78, 5) is 31.0. The van der Waals surface area contributed by atoms with Crippen molar-refractivity contribution in [3.05, 3.63) is 55.6 Å². The first-order chi connectivity index (χ1) is 11.5. The van der Waals surface area contributed by atoms with Crippen LogP contribution < -0.4 is 15.2 Å². The van der Waals surface area contributed by atoms with E-state index in [0.29, 0.717) is 25.3 Å². The number of nitrogens with one attached hydrogen (secondary N) is 1. The van der Waals surface area contributed by atoms with Gasteiger partial charge in [0.15, 0.2) is 0 Å². The predicted molar refractivity (Wildman–Crippen MR) is 88.9 cm³/mol. The summed E-state index contributed by atoms with van der Waals surface area (Å²) in [5, 5.41) is 11.3. The van der Waals surface area contributed by atoms with Crippen molar-refractivity contribution >= 4 is 11.5 Å². The fourth-order valence-corrected chi connectivity index (χ4v) is 2.99. The third-order valence-electron chi connectivity index (χ3n) is 4.19. The van der Waals surface area contributed by atoms with E-state index in [1.807, 2.05) is 23.1 Å². The summed E-state index contributed by atoms with van der Waals surface area (Å²) in [7, 11) is 1.62. The lowest BCUT2D eigenvalue weighted by molar-refractivity contribution is -0.385. The molecule has 0 amide bonds. The minimum absolute atomic E-state index is 0.140. The van der Waals surface area contributed by atoms with Crippen molar-refractivity contribution in [3.63, 3.8) is 0 Å². The Kier molecular flexibility index (Phi) is 4.20. The number of anilines is 1. The molecule has 0 atom stereocenters. The lowest BCUT2D eigenvalue weighted by Gasteiger charge is -2.20. The molecule has 1 aromatic heterocycles. The van der Waals surface area contributed by atoms with E-state index in [9.17, 15) is 14.9 Å². The number of hydrogen-bond donors (Lipinski definition) is 1. The Morgan fingerprint density at radius 3 is 2.67 bits per heavy atom. The molecule has 0 aliphatic carbocycles. The average Bonchev–Trinajstić information content (AvgIpc) is 2.75. The van der Waals surface area contributed by atoms with Crippen LogP contribution in [0.15, 0.2) is 23.0 Å². The molecule has 126 valence electrons. The highest BCUT2D eigenvalue weighted by Gasteiger charge is 2.27. The maximum atomic E-state index is 12.0. The van der Waals surface area contributed by atoms with Crippen LogP contribution in [0, 0.1) is 17.0 Å². The molecule has 0 spiro atoms. The van der Waals surface area contributed by atoms with Gasteiger partial charge in [-0.15, -0.1) is 0 Å². The van der Waals surface area contributed by atoms with Gasteiger partial charge in [-0.1, -0.05) is 6.07 Å². The molecular formula is C16H18N4O4. The summed E-state index contributed by atoms with van der Waals surface area (Å²) in [5.74, 6) is 1.29. The van der Waals surface area contributed by atoms with Crippen molar-refractivity contribution in [1.29, 1.82) is 0 Å². The van der Waals surface area contributed by atoms with E-state index in [4.69, 9.17) is 4.74 Å². The summed E-state index contributed by atoms with van der Waals surface area (Å²) in [5.41, 5.74) is 1.12. The second-order valence-electron chi connectivity index (χ2n) is 5.70. The van der Waals surface area contributed by atoms with Crippen molar-refractivity contribution in [2.45, 2.75) is 19.8 Å². The number of rotatable bonds is 3. The number of aromatic nitrogens is 2. The maximum absolute atomic E-state index is 12.0. The zero-order valence-corrected chi connectivity index (χ0v) is 13.5. The van der Waals surface area contributed by atoms with E-state index in [-0.39, 0.29) is 5.82 Å². The highest BCUT2D eigenvalue weighted by molar-refractivity contribution is 5.57. The van der Waals surface area contributed by atoms with Crippen molar-refractivity contribution in [2.24, 2.45) is 0 Å². The number of aryl methyl sites for hydroxylation is 1. The van der Waals surface area contributed by atoms with Gasteiger partial charge in [0.25, 0.3) is 0 Å². The summed E-state index contributed by atoms with van der Waals surface area (Å²) < 4.78 is 5.25. The average molecular weight is 330 g/mol. The molecule has 0 bridgehead atoms. The Labute approximate surface area is 138 Å². The van der Waals surface area contributed by atoms with E-state index in [1.165, 1.54) is 5.56 Å². The first-order valence-electron chi connectivity index (χ1n) is 7.65. The first kappa shape index (κ1) is 16.0. The Morgan fingerprint density at radius 2 is 2.00 bits per heavy atom. The Hall–Kier alpha value is -2.90. The molecule has 1 aliphatic rings. The van der Waals surface area contributed by atoms with Gasteiger partial charge >= 0.3 is 11.2 Å². The molecule has 0 saturated heterocycles. The fraction of sp³-hybridized carbons (Fsp3) is 0.375. The first-order valence-corrected chi connectivity index (χ1v) is 7.65. The Balaban J connectivity index is 1.96. The van der Waals surface area contributed by atoms with Crippen LogP contribution in [-0.2, 0) is 12.8 Å². The zero-order chi connectivity index (χ0) is 17.3. The molecule has 0 saturated carbocycles. The van der Waals surface area contributed by atoms with Crippen LogP contribution in [0.25, 0.3) is 0 Å². The van der Waals surface area contributed by atoms with Gasteiger partial charge < -0.3 is 14.6 Å². The highest BCUT2D eigenvalue weighted by Crippen LogP contribution is 2.26. The lowest BCUT2D eigenvalue weighted by Crippen LogP contribution is -2.30. The van der Waals surface area contributed by atoms with Gasteiger partial charge in [0, 0.05) is 13.1 Å². The SMILES string of the molecule is COc1ccc2c(c1)CCN(c1nc(C)[nH]c(=O)c1[N+](=O)[O-])CC2. The van der Waals surface area contributed by atoms with Gasteiger partial charge in [0.2, 0.25) is 5.82 Å². The highest BCUT2D eigenvalue weighted by atomic mass is 16.6. The molecule has 24 heavy (non-hydrogen) atoms. The monoisotopic (exact) mass is 330 g/mol. The van der Waals surface area contributed by atoms with E-state index >= 15 is 0 Å². The summed E-state index contributed by atoms with van der Waals surface area (Å²) >= 11 is 0. The third kappa shape index (κ3) is 2.94. The second-order valence-corrected chi connectivity index (χ2v) is 5.70. The topological polar surface area (TPSA) is 101 Å². The normalized spacial score (nSPS) is 14.0. The second kappa shape index (κ2) is 6.31. The maximum Gasteiger partial charge on any atom is 0.375 e. The minimum atomic E-state index is -0.717. The molecule has 1 N–H and O–H groups in total. The van der Waals surface area contributed by atoms with Gasteiger partial charge in [0.05, 0.1) is 12.0 Å². The van der Waals surface area contributed by atoms with E-state index in [0.717, 1.165) is 17.7 Å². The molecule has 8 heteroatoms. The van der Waals surface area contributed by atoms with Crippen LogP contribution in [0.3, 0.4) is 0 Å². The molecule has 0 radical (unpaired) electrons.